The van der Waals surface area contributed by atoms with Crippen molar-refractivity contribution in [3.63, 3.8) is 0 Å². The van der Waals surface area contributed by atoms with Crippen molar-refractivity contribution in [1.82, 2.24) is 9.38 Å². The molecular weight excluding hydrogens is 719 g/mol. The molecule has 0 spiro atoms. The monoisotopic (exact) mass is 769 g/mol. The molecule has 0 fully saturated rings. The van der Waals surface area contributed by atoms with Crippen molar-refractivity contribution in [3.05, 3.63) is 161 Å². The molecule has 10 rings (SSSR count). The maximum absolute atomic E-state index is 14.3. The first-order valence-corrected chi connectivity index (χ1v) is 21.0. The highest BCUT2D eigenvalue weighted by Gasteiger charge is 2.29. The van der Waals surface area contributed by atoms with E-state index in [4.69, 9.17) is 4.98 Å². The van der Waals surface area contributed by atoms with Crippen molar-refractivity contribution in [3.8, 4) is 0 Å². The number of pyridine rings is 1. The molecule has 8 aromatic carbocycles. The minimum absolute atomic E-state index is 0.0262. The first-order chi connectivity index (χ1) is 28.1. The summed E-state index contributed by atoms with van der Waals surface area (Å²) >= 11 is 0. The summed E-state index contributed by atoms with van der Waals surface area (Å²) in [5.74, 6) is 0. The van der Waals surface area contributed by atoms with Gasteiger partial charge in [-0.1, -0.05) is 127 Å². The lowest BCUT2D eigenvalue weighted by Crippen LogP contribution is -2.24. The Morgan fingerprint density at radius 2 is 1.10 bits per heavy atom. The van der Waals surface area contributed by atoms with E-state index < -0.39 is 0 Å². The number of anilines is 3. The van der Waals surface area contributed by atoms with Crippen molar-refractivity contribution in [2.75, 3.05) is 4.90 Å². The summed E-state index contributed by atoms with van der Waals surface area (Å²) in [5.41, 5.74) is 9.75. The Labute approximate surface area is 346 Å². The van der Waals surface area contributed by atoms with Crippen molar-refractivity contribution in [2.45, 2.75) is 79.1 Å². The van der Waals surface area contributed by atoms with Gasteiger partial charge in [0.15, 0.2) is 0 Å². The highest BCUT2D eigenvalue weighted by atomic mass is 16.1. The number of allylic oxidation sites excluding steroid dienone is 1. The van der Waals surface area contributed by atoms with Gasteiger partial charge in [-0.25, -0.2) is 4.98 Å². The van der Waals surface area contributed by atoms with E-state index in [0.29, 0.717) is 5.65 Å². The smallest absolute Gasteiger partial charge is 0.264 e. The van der Waals surface area contributed by atoms with E-state index in [0.717, 1.165) is 73.3 Å². The number of imidazole rings is 1. The Bertz CT molecular complexity index is 3320. The number of aromatic nitrogens is 2. The minimum Gasteiger partial charge on any atom is -0.310 e. The Kier molecular flexibility index (Phi) is 8.08. The number of para-hydroxylation sites is 2. The fourth-order valence-corrected chi connectivity index (χ4v) is 10.7. The molecule has 4 heteroatoms. The van der Waals surface area contributed by atoms with E-state index in [9.17, 15) is 4.79 Å². The van der Waals surface area contributed by atoms with Gasteiger partial charge in [0.2, 0.25) is 0 Å². The molecule has 10 aromatic rings. The quantitative estimate of drug-likeness (QED) is 0.0877. The average molecular weight is 770 g/mol. The Morgan fingerprint density at radius 3 is 1.75 bits per heavy atom. The summed E-state index contributed by atoms with van der Waals surface area (Å²) in [4.78, 5) is 21.7. The minimum atomic E-state index is -0.0262. The number of rotatable bonds is 8. The summed E-state index contributed by atoms with van der Waals surface area (Å²) in [6, 6.07) is 46.3. The van der Waals surface area contributed by atoms with Gasteiger partial charge in [0.05, 0.1) is 16.7 Å². The van der Waals surface area contributed by atoms with E-state index >= 15 is 0 Å². The standard InChI is InChI=1S/C55H51N3O/c1-33(2)31-54(6,7)34-17-21-36(22-18-34)57(37-23-19-35(20-24-37)55(8,9)32-53(3,4)5)46-30-29-39-41-25-27-43-50-44(52(59)58-47-16-11-10-15-45(47)56-51(43)58)28-26-40(49(41)50)38-13-12-14-42(46)48(38)39/h10-30H,1,31-32H2,2-9H3. The maximum atomic E-state index is 14.3. The Morgan fingerprint density at radius 1 is 0.576 bits per heavy atom. The first kappa shape index (κ1) is 37.0. The molecule has 0 N–H and O–H groups in total. The third-order valence-corrected chi connectivity index (χ3v) is 12.8. The molecule has 0 aliphatic heterocycles. The van der Waals surface area contributed by atoms with Gasteiger partial charge in [-0.05, 0) is 134 Å². The molecule has 4 nitrogen and oxygen atoms in total. The van der Waals surface area contributed by atoms with E-state index in [1.165, 1.54) is 38.2 Å². The highest BCUT2D eigenvalue weighted by Crippen LogP contribution is 2.48. The molecule has 292 valence electrons. The van der Waals surface area contributed by atoms with Gasteiger partial charge in [0, 0.05) is 32.9 Å². The topological polar surface area (TPSA) is 37.6 Å². The number of nitrogens with zero attached hydrogens (tertiary/aromatic N) is 3. The van der Waals surface area contributed by atoms with Crippen LogP contribution in [-0.4, -0.2) is 9.38 Å². The molecule has 0 aliphatic carbocycles. The number of hydrogen-bond acceptors (Lipinski definition) is 3. The van der Waals surface area contributed by atoms with Gasteiger partial charge < -0.3 is 4.90 Å². The van der Waals surface area contributed by atoms with Crippen LogP contribution in [0.5, 0.6) is 0 Å². The lowest BCUT2D eigenvalue weighted by Gasteiger charge is -2.34. The predicted molar refractivity (Wildman–Crippen MR) is 253 cm³/mol. The third-order valence-electron chi connectivity index (χ3n) is 12.8. The second-order valence-corrected chi connectivity index (χ2v) is 19.6. The average Bonchev–Trinajstić information content (AvgIpc) is 3.59. The molecule has 2 aromatic heterocycles. The van der Waals surface area contributed by atoms with E-state index in [1.54, 1.807) is 4.40 Å². The molecule has 0 bridgehead atoms. The summed E-state index contributed by atoms with van der Waals surface area (Å²) in [6.45, 7) is 22.7. The zero-order chi connectivity index (χ0) is 41.2. The van der Waals surface area contributed by atoms with Crippen molar-refractivity contribution < 1.29 is 0 Å². The van der Waals surface area contributed by atoms with Crippen LogP contribution in [0.4, 0.5) is 17.1 Å². The first-order valence-electron chi connectivity index (χ1n) is 21.0. The zero-order valence-electron chi connectivity index (χ0n) is 35.5. The fourth-order valence-electron chi connectivity index (χ4n) is 10.7. The Hall–Kier alpha value is -6.26. The van der Waals surface area contributed by atoms with E-state index in [-0.39, 0.29) is 21.8 Å². The number of hydrogen-bond donors (Lipinski definition) is 0. The molecule has 59 heavy (non-hydrogen) atoms. The number of fused-ring (bicyclic) bond motifs is 6. The lowest BCUT2D eigenvalue weighted by molar-refractivity contribution is 0.284. The summed E-state index contributed by atoms with van der Waals surface area (Å²) < 4.78 is 1.79. The van der Waals surface area contributed by atoms with Crippen LogP contribution in [-0.2, 0) is 10.8 Å². The van der Waals surface area contributed by atoms with Crippen LogP contribution >= 0.6 is 0 Å². The Balaban J connectivity index is 1.20. The molecule has 0 unspecified atom stereocenters. The van der Waals surface area contributed by atoms with Gasteiger partial charge >= 0.3 is 0 Å². The van der Waals surface area contributed by atoms with Gasteiger partial charge in [-0.2, -0.15) is 0 Å². The van der Waals surface area contributed by atoms with Crippen molar-refractivity contribution >= 4 is 87.6 Å². The van der Waals surface area contributed by atoms with E-state index in [2.05, 4.69) is 164 Å². The zero-order valence-corrected chi connectivity index (χ0v) is 35.5. The highest BCUT2D eigenvalue weighted by molar-refractivity contribution is 6.38. The molecule has 0 aliphatic rings. The van der Waals surface area contributed by atoms with Gasteiger partial charge in [0.25, 0.3) is 5.56 Å². The molecular formula is C55H51N3O. The predicted octanol–water partition coefficient (Wildman–Crippen LogP) is 14.9. The van der Waals surface area contributed by atoms with Crippen LogP contribution in [0, 0.1) is 5.41 Å². The van der Waals surface area contributed by atoms with Crippen LogP contribution in [0.3, 0.4) is 0 Å². The van der Waals surface area contributed by atoms with Crippen LogP contribution < -0.4 is 10.5 Å². The largest absolute Gasteiger partial charge is 0.310 e. The fraction of sp³-hybridized carbons (Fsp3) is 0.236. The van der Waals surface area contributed by atoms with Gasteiger partial charge in [0.1, 0.15) is 5.65 Å². The second-order valence-electron chi connectivity index (χ2n) is 19.6. The van der Waals surface area contributed by atoms with Crippen LogP contribution in [0.2, 0.25) is 0 Å². The van der Waals surface area contributed by atoms with Gasteiger partial charge in [-0.3, -0.25) is 9.20 Å². The molecule has 0 saturated heterocycles. The molecule has 0 saturated carbocycles. The number of benzene rings is 8. The summed E-state index contributed by atoms with van der Waals surface area (Å²) in [5, 5.41) is 10.9. The van der Waals surface area contributed by atoms with E-state index in [1.807, 2.05) is 30.3 Å². The van der Waals surface area contributed by atoms with Gasteiger partial charge in [-0.15, -0.1) is 6.58 Å². The normalized spacial score (nSPS) is 13.0. The van der Waals surface area contributed by atoms with Crippen molar-refractivity contribution in [2.24, 2.45) is 5.41 Å². The molecule has 2 heterocycles. The van der Waals surface area contributed by atoms with Crippen LogP contribution in [0.25, 0.3) is 70.5 Å². The maximum Gasteiger partial charge on any atom is 0.264 e. The molecule has 0 radical (unpaired) electrons. The molecule has 0 atom stereocenters. The lowest BCUT2D eigenvalue weighted by atomic mass is 9.72. The van der Waals surface area contributed by atoms with Crippen LogP contribution in [0.1, 0.15) is 79.4 Å². The SMILES string of the molecule is C=C(C)CC(C)(C)c1ccc(N(c2ccc(C(C)(C)CC(C)(C)C)cc2)c2ccc3c4ccc5c6c(ccc(c7cccc2c73)c46)c(=O)n2c3ccccc3nc52)cc1. The summed E-state index contributed by atoms with van der Waals surface area (Å²) in [7, 11) is 0. The molecule has 0 amide bonds. The summed E-state index contributed by atoms with van der Waals surface area (Å²) in [6.07, 6.45) is 2.02. The second kappa shape index (κ2) is 12.9. The van der Waals surface area contributed by atoms with Crippen LogP contribution in [0.15, 0.2) is 144 Å². The third kappa shape index (κ3) is 5.79. The van der Waals surface area contributed by atoms with Crippen molar-refractivity contribution in [1.29, 1.82) is 0 Å².